The molecule has 1 aliphatic rings. The zero-order valence-corrected chi connectivity index (χ0v) is 18.5. The van der Waals surface area contributed by atoms with Crippen LogP contribution in [0.25, 0.3) is 33.6 Å². The van der Waals surface area contributed by atoms with Crippen LogP contribution in [0.3, 0.4) is 0 Å². The molecule has 3 aromatic carbocycles. The van der Waals surface area contributed by atoms with Gasteiger partial charge in [-0.15, -0.1) is 0 Å². The van der Waals surface area contributed by atoms with Gasteiger partial charge >= 0.3 is 0 Å². The number of anilines is 1. The van der Waals surface area contributed by atoms with Crippen LogP contribution in [0.4, 0.5) is 14.5 Å². The maximum Gasteiger partial charge on any atom is 0.265 e. The zero-order valence-electron chi connectivity index (χ0n) is 18.5. The number of nitrogens with zero attached hydrogens (tertiary/aromatic N) is 3. The molecular weight excluding hydrogens is 448 g/mol. The first-order valence-corrected chi connectivity index (χ1v) is 11.0. The standard InChI is InChI=1S/C28H19F2N3O2/c29-22-7-2-18(3-8-22)21-14-24(19-4-9-23(30)10-5-19)32-25(15-21)20-6-11-27-26(16-20)33(13-1-12-31)28(34)17-35-27/h2-11,14-16H,1,13,17H2. The number of fused-ring (bicyclic) bond motifs is 1. The lowest BCUT2D eigenvalue weighted by Gasteiger charge is -2.29. The fraction of sp³-hybridized carbons (Fsp3) is 0.107. The number of pyridine rings is 1. The van der Waals surface area contributed by atoms with Crippen molar-refractivity contribution in [1.82, 2.24) is 4.98 Å². The Morgan fingerprint density at radius 3 is 2.09 bits per heavy atom. The maximum absolute atomic E-state index is 13.5. The smallest absolute Gasteiger partial charge is 0.265 e. The van der Waals surface area contributed by atoms with Crippen LogP contribution in [0.15, 0.2) is 78.9 Å². The summed E-state index contributed by atoms with van der Waals surface area (Å²) in [5, 5.41) is 9.00. The van der Waals surface area contributed by atoms with E-state index in [-0.39, 0.29) is 37.1 Å². The van der Waals surface area contributed by atoms with E-state index < -0.39 is 0 Å². The summed E-state index contributed by atoms with van der Waals surface area (Å²) < 4.78 is 32.6. The lowest BCUT2D eigenvalue weighted by Crippen LogP contribution is -2.39. The van der Waals surface area contributed by atoms with Gasteiger partial charge in [0.15, 0.2) is 6.61 Å². The fourth-order valence-electron chi connectivity index (χ4n) is 4.02. The summed E-state index contributed by atoms with van der Waals surface area (Å²) in [6.45, 7) is 0.184. The number of benzene rings is 3. The first-order chi connectivity index (χ1) is 17.0. The molecule has 0 saturated heterocycles. The molecule has 0 N–H and O–H groups in total. The van der Waals surface area contributed by atoms with Crippen LogP contribution in [0.5, 0.6) is 5.75 Å². The van der Waals surface area contributed by atoms with Gasteiger partial charge in [-0.3, -0.25) is 4.79 Å². The molecule has 1 aliphatic heterocycles. The van der Waals surface area contributed by atoms with Crippen LogP contribution in [-0.4, -0.2) is 24.0 Å². The summed E-state index contributed by atoms with van der Waals surface area (Å²) in [4.78, 5) is 18.8. The Labute approximate surface area is 200 Å². The molecule has 0 unspecified atom stereocenters. The van der Waals surface area contributed by atoms with Crippen molar-refractivity contribution in [1.29, 1.82) is 5.26 Å². The molecule has 0 aliphatic carbocycles. The molecule has 0 bridgehead atoms. The minimum atomic E-state index is -0.347. The Kier molecular flexibility index (Phi) is 5.94. The summed E-state index contributed by atoms with van der Waals surface area (Å²) in [7, 11) is 0. The summed E-state index contributed by atoms with van der Waals surface area (Å²) in [5.41, 5.74) is 4.87. The molecule has 0 atom stereocenters. The van der Waals surface area contributed by atoms with E-state index in [9.17, 15) is 13.6 Å². The van der Waals surface area contributed by atoms with E-state index in [0.29, 0.717) is 22.8 Å². The second-order valence-corrected chi connectivity index (χ2v) is 8.06. The first-order valence-electron chi connectivity index (χ1n) is 11.0. The van der Waals surface area contributed by atoms with E-state index in [1.807, 2.05) is 24.3 Å². The Balaban J connectivity index is 1.64. The van der Waals surface area contributed by atoms with Crippen LogP contribution in [-0.2, 0) is 4.79 Å². The van der Waals surface area contributed by atoms with Crippen molar-refractivity contribution < 1.29 is 18.3 Å². The highest BCUT2D eigenvalue weighted by atomic mass is 19.1. The lowest BCUT2D eigenvalue weighted by atomic mass is 9.99. The molecule has 0 radical (unpaired) electrons. The van der Waals surface area contributed by atoms with Gasteiger partial charge in [-0.1, -0.05) is 12.1 Å². The molecule has 172 valence electrons. The molecule has 7 heteroatoms. The quantitative estimate of drug-likeness (QED) is 0.361. The van der Waals surface area contributed by atoms with Gasteiger partial charge in [0.05, 0.1) is 29.6 Å². The fourth-order valence-corrected chi connectivity index (χ4v) is 4.02. The summed E-state index contributed by atoms with van der Waals surface area (Å²) in [6.07, 6.45) is 0.197. The number of carbonyl (C=O) groups excluding carboxylic acids is 1. The molecule has 2 heterocycles. The second-order valence-electron chi connectivity index (χ2n) is 8.06. The number of aromatic nitrogens is 1. The number of ether oxygens (including phenoxy) is 1. The van der Waals surface area contributed by atoms with Crippen molar-refractivity contribution in [2.24, 2.45) is 0 Å². The number of rotatable bonds is 5. The molecule has 5 rings (SSSR count). The molecule has 5 nitrogen and oxygen atoms in total. The number of halogens is 2. The van der Waals surface area contributed by atoms with Crippen molar-refractivity contribution in [2.75, 3.05) is 18.1 Å². The third-order valence-corrected chi connectivity index (χ3v) is 5.79. The predicted octanol–water partition coefficient (Wildman–Crippen LogP) is 6.00. The molecule has 0 saturated carbocycles. The highest BCUT2D eigenvalue weighted by Gasteiger charge is 2.26. The van der Waals surface area contributed by atoms with E-state index in [0.717, 1.165) is 22.3 Å². The Bertz CT molecular complexity index is 1380. The van der Waals surface area contributed by atoms with Gasteiger partial charge in [0.25, 0.3) is 5.91 Å². The van der Waals surface area contributed by atoms with Crippen molar-refractivity contribution in [3.8, 4) is 45.5 Å². The van der Waals surface area contributed by atoms with Crippen LogP contribution in [0.1, 0.15) is 6.42 Å². The highest BCUT2D eigenvalue weighted by molar-refractivity contribution is 5.98. The largest absolute Gasteiger partial charge is 0.482 e. The summed E-state index contributed by atoms with van der Waals surface area (Å²) in [5.74, 6) is -0.344. The van der Waals surface area contributed by atoms with Crippen LogP contribution >= 0.6 is 0 Å². The zero-order chi connectivity index (χ0) is 24.4. The molecule has 0 spiro atoms. The normalized spacial score (nSPS) is 12.6. The second kappa shape index (κ2) is 9.35. The molecule has 35 heavy (non-hydrogen) atoms. The van der Waals surface area contributed by atoms with Gasteiger partial charge in [-0.2, -0.15) is 5.26 Å². The molecular formula is C28H19F2N3O2. The van der Waals surface area contributed by atoms with Crippen LogP contribution in [0, 0.1) is 23.0 Å². The summed E-state index contributed by atoms with van der Waals surface area (Å²) in [6, 6.07) is 23.5. The van der Waals surface area contributed by atoms with Gasteiger partial charge in [0.1, 0.15) is 17.4 Å². The number of hydrogen-bond donors (Lipinski definition) is 0. The van der Waals surface area contributed by atoms with Gasteiger partial charge < -0.3 is 9.64 Å². The summed E-state index contributed by atoms with van der Waals surface area (Å²) >= 11 is 0. The van der Waals surface area contributed by atoms with Gasteiger partial charge in [-0.05, 0) is 77.9 Å². The molecule has 4 aromatic rings. The molecule has 0 fully saturated rings. The molecule has 1 aromatic heterocycles. The predicted molar refractivity (Wildman–Crippen MR) is 129 cm³/mol. The van der Waals surface area contributed by atoms with Crippen LogP contribution in [0.2, 0.25) is 0 Å². The highest BCUT2D eigenvalue weighted by Crippen LogP contribution is 2.37. The average molecular weight is 467 g/mol. The Morgan fingerprint density at radius 1 is 0.829 bits per heavy atom. The maximum atomic E-state index is 13.5. The lowest BCUT2D eigenvalue weighted by molar-refractivity contribution is -0.121. The van der Waals surface area contributed by atoms with Gasteiger partial charge in [0.2, 0.25) is 0 Å². The third kappa shape index (κ3) is 4.59. The Hall–Kier alpha value is -4.57. The van der Waals surface area contributed by atoms with Gasteiger partial charge in [-0.25, -0.2) is 13.8 Å². The van der Waals surface area contributed by atoms with E-state index in [2.05, 4.69) is 6.07 Å². The van der Waals surface area contributed by atoms with Crippen LogP contribution < -0.4 is 9.64 Å². The molecule has 1 amide bonds. The number of carbonyl (C=O) groups is 1. The number of nitriles is 1. The minimum Gasteiger partial charge on any atom is -0.482 e. The van der Waals surface area contributed by atoms with Crippen molar-refractivity contribution in [3.05, 3.63) is 90.5 Å². The average Bonchev–Trinajstić information content (AvgIpc) is 2.88. The van der Waals surface area contributed by atoms with E-state index in [4.69, 9.17) is 15.0 Å². The van der Waals surface area contributed by atoms with E-state index in [1.54, 1.807) is 35.2 Å². The van der Waals surface area contributed by atoms with Crippen molar-refractivity contribution in [3.63, 3.8) is 0 Å². The Morgan fingerprint density at radius 2 is 1.43 bits per heavy atom. The SMILES string of the molecule is N#CCCN1C(=O)COc2ccc(-c3cc(-c4ccc(F)cc4)cc(-c4ccc(F)cc4)n3)cc21. The first kappa shape index (κ1) is 22.2. The monoisotopic (exact) mass is 467 g/mol. The number of amides is 1. The van der Waals surface area contributed by atoms with Gasteiger partial charge in [0, 0.05) is 17.7 Å². The van der Waals surface area contributed by atoms with Crippen molar-refractivity contribution >= 4 is 11.6 Å². The third-order valence-electron chi connectivity index (χ3n) is 5.79. The number of hydrogen-bond acceptors (Lipinski definition) is 4. The van der Waals surface area contributed by atoms with Crippen molar-refractivity contribution in [2.45, 2.75) is 6.42 Å². The van der Waals surface area contributed by atoms with E-state index in [1.165, 1.54) is 24.3 Å². The minimum absolute atomic E-state index is 0.0786. The topological polar surface area (TPSA) is 66.2 Å². The van der Waals surface area contributed by atoms with E-state index >= 15 is 0 Å².